The molecule has 0 bridgehead atoms. The van der Waals surface area contributed by atoms with Crippen LogP contribution in [0.25, 0.3) is 11.0 Å². The molecule has 1 aliphatic heterocycles. The van der Waals surface area contributed by atoms with E-state index in [1.807, 2.05) is 24.3 Å². The minimum absolute atomic E-state index is 0.0254. The molecule has 0 spiro atoms. The fourth-order valence-electron chi connectivity index (χ4n) is 3.20. The van der Waals surface area contributed by atoms with Crippen LogP contribution >= 0.6 is 23.2 Å². The van der Waals surface area contributed by atoms with Crippen LogP contribution in [0.1, 0.15) is 22.3 Å². The van der Waals surface area contributed by atoms with Crippen LogP contribution in [0.3, 0.4) is 0 Å². The summed E-state index contributed by atoms with van der Waals surface area (Å²) < 4.78 is 5.28. The molecule has 0 saturated carbocycles. The molecular formula is C19H13Cl2NO3. The highest BCUT2D eigenvalue weighted by atomic mass is 35.5. The average Bonchev–Trinajstić information content (AvgIpc) is 2.61. The normalized spacial score (nSPS) is 13.8. The lowest BCUT2D eigenvalue weighted by Gasteiger charge is -2.29. The van der Waals surface area contributed by atoms with Gasteiger partial charge < -0.3 is 9.32 Å². The summed E-state index contributed by atoms with van der Waals surface area (Å²) in [7, 11) is 0. The van der Waals surface area contributed by atoms with Crippen molar-refractivity contribution in [3.05, 3.63) is 74.1 Å². The second-order valence-corrected chi connectivity index (χ2v) is 6.79. The van der Waals surface area contributed by atoms with Crippen molar-refractivity contribution >= 4 is 45.8 Å². The zero-order valence-corrected chi connectivity index (χ0v) is 14.6. The van der Waals surface area contributed by atoms with Crippen molar-refractivity contribution in [1.29, 1.82) is 0 Å². The SMILES string of the molecule is O=C(c1cc2cc(Cl)cc(Cl)c2oc1=O)N1CCCc2ccccc21. The van der Waals surface area contributed by atoms with E-state index < -0.39 is 5.63 Å². The summed E-state index contributed by atoms with van der Waals surface area (Å²) in [5, 5.41) is 1.17. The van der Waals surface area contributed by atoms with Gasteiger partial charge in [-0.15, -0.1) is 0 Å². The van der Waals surface area contributed by atoms with Crippen molar-refractivity contribution in [2.24, 2.45) is 0 Å². The van der Waals surface area contributed by atoms with Gasteiger partial charge in [0.1, 0.15) is 5.56 Å². The van der Waals surface area contributed by atoms with Gasteiger partial charge in [-0.05, 0) is 42.7 Å². The summed E-state index contributed by atoms with van der Waals surface area (Å²) in [6.45, 7) is 0.559. The number of hydrogen-bond acceptors (Lipinski definition) is 3. The summed E-state index contributed by atoms with van der Waals surface area (Å²) in [5.74, 6) is -0.376. The van der Waals surface area contributed by atoms with Crippen molar-refractivity contribution < 1.29 is 9.21 Å². The number of amides is 1. The Balaban J connectivity index is 1.84. The number of fused-ring (bicyclic) bond motifs is 2. The summed E-state index contributed by atoms with van der Waals surface area (Å²) in [4.78, 5) is 27.0. The van der Waals surface area contributed by atoms with E-state index in [9.17, 15) is 9.59 Å². The zero-order chi connectivity index (χ0) is 17.6. The largest absolute Gasteiger partial charge is 0.421 e. The van der Waals surface area contributed by atoms with E-state index in [-0.39, 0.29) is 22.1 Å². The van der Waals surface area contributed by atoms with E-state index in [0.29, 0.717) is 17.0 Å². The summed E-state index contributed by atoms with van der Waals surface area (Å²) in [6.07, 6.45) is 1.76. The molecule has 3 aromatic rings. The van der Waals surface area contributed by atoms with Crippen LogP contribution in [0.5, 0.6) is 0 Å². The molecule has 25 heavy (non-hydrogen) atoms. The maximum Gasteiger partial charge on any atom is 0.349 e. The Morgan fingerprint density at radius 2 is 1.92 bits per heavy atom. The molecule has 0 saturated heterocycles. The molecule has 2 aromatic carbocycles. The molecule has 1 aliphatic rings. The monoisotopic (exact) mass is 373 g/mol. The van der Waals surface area contributed by atoms with Gasteiger partial charge >= 0.3 is 5.63 Å². The first-order valence-electron chi connectivity index (χ1n) is 7.87. The number of hydrogen-bond donors (Lipinski definition) is 0. The first kappa shape index (κ1) is 16.2. The van der Waals surface area contributed by atoms with Crippen molar-refractivity contribution in [2.75, 3.05) is 11.4 Å². The maximum absolute atomic E-state index is 13.0. The van der Waals surface area contributed by atoms with E-state index in [4.69, 9.17) is 27.6 Å². The lowest BCUT2D eigenvalue weighted by atomic mass is 10.0. The molecule has 0 atom stereocenters. The minimum atomic E-state index is -0.704. The molecule has 126 valence electrons. The van der Waals surface area contributed by atoms with Gasteiger partial charge in [0.2, 0.25) is 0 Å². The van der Waals surface area contributed by atoms with Crippen LogP contribution in [-0.4, -0.2) is 12.5 Å². The van der Waals surface area contributed by atoms with Crippen molar-refractivity contribution in [3.63, 3.8) is 0 Å². The molecule has 6 heteroatoms. The number of anilines is 1. The topological polar surface area (TPSA) is 50.5 Å². The van der Waals surface area contributed by atoms with Gasteiger partial charge in [0.15, 0.2) is 5.58 Å². The molecule has 4 nitrogen and oxygen atoms in total. The number of benzene rings is 2. The Hall–Kier alpha value is -2.30. The molecular weight excluding hydrogens is 361 g/mol. The maximum atomic E-state index is 13.0. The predicted octanol–water partition coefficient (Wildman–Crippen LogP) is 4.69. The van der Waals surface area contributed by atoms with Gasteiger partial charge in [0.25, 0.3) is 5.91 Å². The Morgan fingerprint density at radius 1 is 1.12 bits per heavy atom. The van der Waals surface area contributed by atoms with E-state index >= 15 is 0 Å². The summed E-state index contributed by atoms with van der Waals surface area (Å²) in [6, 6.07) is 12.3. The summed E-state index contributed by atoms with van der Waals surface area (Å²) >= 11 is 12.1. The molecule has 0 aliphatic carbocycles. The van der Waals surface area contributed by atoms with Gasteiger partial charge in [-0.3, -0.25) is 4.79 Å². The molecule has 2 heterocycles. The smallest absolute Gasteiger partial charge is 0.349 e. The fourth-order valence-corrected chi connectivity index (χ4v) is 3.74. The number of carbonyl (C=O) groups excluding carboxylic acids is 1. The second-order valence-electron chi connectivity index (χ2n) is 5.94. The third-order valence-corrected chi connectivity index (χ3v) is 4.84. The second kappa shape index (κ2) is 6.21. The lowest BCUT2D eigenvalue weighted by molar-refractivity contribution is 0.0981. The van der Waals surface area contributed by atoms with Gasteiger partial charge in [-0.25, -0.2) is 4.79 Å². The van der Waals surface area contributed by atoms with Crippen molar-refractivity contribution in [1.82, 2.24) is 0 Å². The summed E-state index contributed by atoms with van der Waals surface area (Å²) in [5.41, 5.74) is 1.43. The number of halogens is 2. The molecule has 0 fully saturated rings. The third-order valence-electron chi connectivity index (χ3n) is 4.34. The molecule has 0 unspecified atom stereocenters. The van der Waals surface area contributed by atoms with Crippen molar-refractivity contribution in [2.45, 2.75) is 12.8 Å². The Labute approximate surface area is 153 Å². The van der Waals surface area contributed by atoms with Gasteiger partial charge in [-0.1, -0.05) is 41.4 Å². The van der Waals surface area contributed by atoms with Crippen LogP contribution < -0.4 is 10.5 Å². The van der Waals surface area contributed by atoms with Crippen LogP contribution in [0.2, 0.25) is 10.0 Å². The molecule has 1 aromatic heterocycles. The van der Waals surface area contributed by atoms with Crippen LogP contribution in [0.4, 0.5) is 5.69 Å². The Bertz CT molecular complexity index is 1060. The van der Waals surface area contributed by atoms with Crippen LogP contribution in [0.15, 0.2) is 51.7 Å². The van der Waals surface area contributed by atoms with Crippen molar-refractivity contribution in [3.8, 4) is 0 Å². The number of rotatable bonds is 1. The Morgan fingerprint density at radius 3 is 2.76 bits per heavy atom. The average molecular weight is 374 g/mol. The lowest BCUT2D eigenvalue weighted by Crippen LogP contribution is -2.37. The Kier molecular flexibility index (Phi) is 4.02. The number of carbonyl (C=O) groups is 1. The highest BCUT2D eigenvalue weighted by Gasteiger charge is 2.26. The predicted molar refractivity (Wildman–Crippen MR) is 98.9 cm³/mol. The van der Waals surface area contributed by atoms with E-state index in [0.717, 1.165) is 24.1 Å². The molecule has 1 amide bonds. The third kappa shape index (κ3) is 2.81. The van der Waals surface area contributed by atoms with E-state index in [1.165, 1.54) is 12.1 Å². The van der Waals surface area contributed by atoms with Gasteiger partial charge in [-0.2, -0.15) is 0 Å². The van der Waals surface area contributed by atoms with E-state index in [1.54, 1.807) is 11.0 Å². The highest BCUT2D eigenvalue weighted by Crippen LogP contribution is 2.30. The fraction of sp³-hybridized carbons (Fsp3) is 0.158. The molecule has 0 N–H and O–H groups in total. The number of para-hydroxylation sites is 1. The molecule has 0 radical (unpaired) electrons. The number of aryl methyl sites for hydroxylation is 1. The van der Waals surface area contributed by atoms with Gasteiger partial charge in [0.05, 0.1) is 5.02 Å². The highest BCUT2D eigenvalue weighted by molar-refractivity contribution is 6.38. The van der Waals surface area contributed by atoms with Crippen LogP contribution in [-0.2, 0) is 6.42 Å². The zero-order valence-electron chi connectivity index (χ0n) is 13.1. The van der Waals surface area contributed by atoms with Gasteiger partial charge in [0, 0.05) is 22.6 Å². The first-order valence-corrected chi connectivity index (χ1v) is 8.63. The number of nitrogens with zero attached hydrogens (tertiary/aromatic N) is 1. The minimum Gasteiger partial charge on any atom is -0.421 e. The quantitative estimate of drug-likeness (QED) is 0.581. The first-order chi connectivity index (χ1) is 12.0. The standard InChI is InChI=1S/C19H13Cl2NO3/c20-13-8-12-9-14(19(24)25-17(12)15(21)10-13)18(23)22-7-3-5-11-4-1-2-6-16(11)22/h1-2,4,6,8-10H,3,5,7H2. The van der Waals surface area contributed by atoms with E-state index in [2.05, 4.69) is 0 Å². The van der Waals surface area contributed by atoms with Crippen LogP contribution in [0, 0.1) is 0 Å². The molecule has 4 rings (SSSR count).